The van der Waals surface area contributed by atoms with Crippen molar-refractivity contribution in [3.63, 3.8) is 0 Å². The van der Waals surface area contributed by atoms with Crippen molar-refractivity contribution in [1.29, 1.82) is 0 Å². The maximum atomic E-state index is 10.4. The van der Waals surface area contributed by atoms with E-state index in [4.69, 9.17) is 0 Å². The Morgan fingerprint density at radius 3 is 1.51 bits per heavy atom. The van der Waals surface area contributed by atoms with Crippen LogP contribution >= 0.6 is 0 Å². The lowest BCUT2D eigenvalue weighted by atomic mass is 10.0. The van der Waals surface area contributed by atoms with Crippen LogP contribution in [0, 0.1) is 6.92 Å². The number of hydrogen-bond acceptors (Lipinski definition) is 3. The largest absolute Gasteiger partial charge is 0.744 e. The zero-order valence-corrected chi connectivity index (χ0v) is 26.4. The van der Waals surface area contributed by atoms with Gasteiger partial charge < -0.3 is 4.55 Å². The normalized spacial score (nSPS) is 14.0. The van der Waals surface area contributed by atoms with Crippen LogP contribution in [0.5, 0.6) is 0 Å². The van der Waals surface area contributed by atoms with E-state index in [1.165, 1.54) is 133 Å². The summed E-state index contributed by atoms with van der Waals surface area (Å²) in [4.78, 5) is 1.45. The molecule has 0 saturated heterocycles. The minimum Gasteiger partial charge on any atom is -0.744 e. The first-order valence-electron chi connectivity index (χ1n) is 15.7. The van der Waals surface area contributed by atoms with Crippen molar-refractivity contribution in [2.75, 3.05) is 5.75 Å². The number of benzene rings is 2. The maximum Gasteiger partial charge on any atom is 0.155 e. The van der Waals surface area contributed by atoms with E-state index in [1.807, 2.05) is 6.92 Å². The highest BCUT2D eigenvalue weighted by Gasteiger charge is 2.41. The molecule has 1 saturated carbocycles. The number of rotatable bonds is 20. The molecule has 0 N–H and O–H groups in total. The Bertz CT molecular complexity index is 954. The maximum absolute atomic E-state index is 10.4. The van der Waals surface area contributed by atoms with Gasteiger partial charge in [0.2, 0.25) is 0 Å². The van der Waals surface area contributed by atoms with Gasteiger partial charge in [0, 0.05) is 23.7 Å². The second-order valence-electron chi connectivity index (χ2n) is 11.2. The van der Waals surface area contributed by atoms with E-state index in [2.05, 4.69) is 37.3 Å². The molecule has 0 radical (unpaired) electrons. The molecule has 39 heavy (non-hydrogen) atoms. The van der Waals surface area contributed by atoms with Gasteiger partial charge in [-0.05, 0) is 44.0 Å². The van der Waals surface area contributed by atoms with Crippen molar-refractivity contribution in [2.45, 2.75) is 144 Å². The Morgan fingerprint density at radius 2 is 1.10 bits per heavy atom. The highest BCUT2D eigenvalue weighted by Crippen LogP contribution is 2.36. The first kappa shape index (κ1) is 33.9. The summed E-state index contributed by atoms with van der Waals surface area (Å²) in [6.45, 7) is 4.12. The van der Waals surface area contributed by atoms with E-state index in [1.54, 1.807) is 17.0 Å². The van der Waals surface area contributed by atoms with E-state index in [9.17, 15) is 13.0 Å². The Labute approximate surface area is 243 Å². The Hall–Kier alpha value is -1.30. The molecule has 0 heterocycles. The summed E-state index contributed by atoms with van der Waals surface area (Å²) < 4.78 is 31.2. The molecule has 2 aromatic carbocycles. The standard InChI is InChI=1S/C27H47S.C7H8O3S/c1-2-3-4-5-6-7-8-9-10-11-12-13-14-15-16-20-25-28(27-23-24-27)26-21-18-17-19-22-26;1-6-2-4-7(5-3-6)11(8,9)10/h17-19,21-22,27H,2-16,20,23-25H2,1H3;2-5H,1H3,(H,8,9,10)/q+1;/p-1. The molecule has 1 fully saturated rings. The summed E-state index contributed by atoms with van der Waals surface area (Å²) in [5.74, 6) is 1.45. The summed E-state index contributed by atoms with van der Waals surface area (Å²) in [5, 5.41) is 1.03. The molecular formula is C34H54O3S2. The van der Waals surface area contributed by atoms with E-state index in [-0.39, 0.29) is 4.90 Å². The van der Waals surface area contributed by atoms with Gasteiger partial charge in [-0.2, -0.15) is 0 Å². The molecule has 1 aliphatic carbocycles. The lowest BCUT2D eigenvalue weighted by Gasteiger charge is -2.07. The zero-order valence-electron chi connectivity index (χ0n) is 24.7. The molecule has 3 nitrogen and oxygen atoms in total. The van der Waals surface area contributed by atoms with Crippen LogP contribution in [-0.4, -0.2) is 24.0 Å². The Balaban J connectivity index is 0.000000404. The van der Waals surface area contributed by atoms with Gasteiger partial charge in [0.25, 0.3) is 0 Å². The van der Waals surface area contributed by atoms with Crippen LogP contribution in [0.4, 0.5) is 0 Å². The van der Waals surface area contributed by atoms with Crippen molar-refractivity contribution < 1.29 is 13.0 Å². The summed E-state index contributed by atoms with van der Waals surface area (Å²) in [6, 6.07) is 17.1. The summed E-state index contributed by atoms with van der Waals surface area (Å²) in [7, 11) is -3.72. The number of aryl methyl sites for hydroxylation is 1. The van der Waals surface area contributed by atoms with E-state index < -0.39 is 10.1 Å². The molecule has 0 bridgehead atoms. The molecule has 220 valence electrons. The summed E-state index contributed by atoms with van der Waals surface area (Å²) in [5.41, 5.74) is 0.928. The molecule has 0 spiro atoms. The van der Waals surface area contributed by atoms with Gasteiger partial charge in [-0.3, -0.25) is 0 Å². The summed E-state index contributed by atoms with van der Waals surface area (Å²) >= 11 is 0. The van der Waals surface area contributed by atoms with Crippen LogP contribution in [0.2, 0.25) is 0 Å². The van der Waals surface area contributed by atoms with Gasteiger partial charge >= 0.3 is 0 Å². The fraction of sp³-hybridized carbons (Fsp3) is 0.647. The first-order chi connectivity index (χ1) is 18.9. The lowest BCUT2D eigenvalue weighted by molar-refractivity contribution is 0.463. The minimum absolute atomic E-state index is 0.178. The third kappa shape index (κ3) is 16.5. The van der Waals surface area contributed by atoms with Gasteiger partial charge in [0.15, 0.2) is 4.90 Å². The number of hydrogen-bond donors (Lipinski definition) is 0. The minimum atomic E-state index is -4.27. The van der Waals surface area contributed by atoms with E-state index in [0.717, 1.165) is 10.8 Å². The van der Waals surface area contributed by atoms with Gasteiger partial charge in [-0.1, -0.05) is 133 Å². The third-order valence-corrected chi connectivity index (χ3v) is 11.2. The molecule has 1 atom stereocenters. The monoisotopic (exact) mass is 574 g/mol. The SMILES string of the molecule is CCCCCCCCCCCCCCCCCC[S+](c1ccccc1)C1CC1.Cc1ccc(S(=O)(=O)[O-])cc1. The van der Waals surface area contributed by atoms with Crippen LogP contribution in [0.3, 0.4) is 0 Å². The van der Waals surface area contributed by atoms with E-state index in [0.29, 0.717) is 10.9 Å². The second-order valence-corrected chi connectivity index (χ2v) is 15.0. The molecule has 2 aromatic rings. The van der Waals surface area contributed by atoms with Gasteiger partial charge in [-0.15, -0.1) is 0 Å². The Kier molecular flexibility index (Phi) is 17.9. The second kappa shape index (κ2) is 20.6. The fourth-order valence-corrected chi connectivity index (χ4v) is 8.09. The van der Waals surface area contributed by atoms with Gasteiger partial charge in [-0.25, -0.2) is 8.42 Å². The smallest absolute Gasteiger partial charge is 0.155 e. The van der Waals surface area contributed by atoms with Crippen molar-refractivity contribution in [3.8, 4) is 0 Å². The molecule has 0 amide bonds. The topological polar surface area (TPSA) is 57.2 Å². The lowest BCUT2D eigenvalue weighted by Crippen LogP contribution is -2.13. The molecule has 1 unspecified atom stereocenters. The highest BCUT2D eigenvalue weighted by molar-refractivity contribution is 7.97. The molecular weight excluding hydrogens is 521 g/mol. The molecule has 1 aliphatic rings. The van der Waals surface area contributed by atoms with Crippen molar-refractivity contribution in [3.05, 3.63) is 60.2 Å². The van der Waals surface area contributed by atoms with Crippen molar-refractivity contribution in [2.24, 2.45) is 0 Å². The van der Waals surface area contributed by atoms with Crippen LogP contribution in [0.1, 0.15) is 128 Å². The van der Waals surface area contributed by atoms with E-state index >= 15 is 0 Å². The summed E-state index contributed by atoms with van der Waals surface area (Å²) in [6.07, 6.45) is 26.4. The quantitative estimate of drug-likeness (QED) is 0.0898. The third-order valence-electron chi connectivity index (χ3n) is 7.50. The average Bonchev–Trinajstić information content (AvgIpc) is 3.76. The van der Waals surface area contributed by atoms with Crippen LogP contribution in [0.25, 0.3) is 0 Å². The molecule has 0 aromatic heterocycles. The highest BCUT2D eigenvalue weighted by atomic mass is 32.2. The van der Waals surface area contributed by atoms with Gasteiger partial charge in [0.05, 0.1) is 4.90 Å². The fourth-order valence-electron chi connectivity index (χ4n) is 4.94. The van der Waals surface area contributed by atoms with Crippen LogP contribution in [-0.2, 0) is 21.0 Å². The zero-order chi connectivity index (χ0) is 28.2. The van der Waals surface area contributed by atoms with Crippen molar-refractivity contribution >= 4 is 21.0 Å². The van der Waals surface area contributed by atoms with Gasteiger partial charge in [0.1, 0.15) is 21.1 Å². The Morgan fingerprint density at radius 1 is 0.667 bits per heavy atom. The van der Waals surface area contributed by atoms with Crippen LogP contribution in [0.15, 0.2) is 64.4 Å². The predicted molar refractivity (Wildman–Crippen MR) is 169 cm³/mol. The predicted octanol–water partition coefficient (Wildman–Crippen LogP) is 9.99. The van der Waals surface area contributed by atoms with Crippen LogP contribution < -0.4 is 0 Å². The molecule has 5 heteroatoms. The first-order valence-corrected chi connectivity index (χ1v) is 18.6. The number of unbranched alkanes of at least 4 members (excludes halogenated alkanes) is 15. The average molecular weight is 575 g/mol. The molecule has 0 aliphatic heterocycles. The van der Waals surface area contributed by atoms with Crippen molar-refractivity contribution in [1.82, 2.24) is 0 Å². The molecule has 3 rings (SSSR count).